The third-order valence-corrected chi connectivity index (χ3v) is 3.38. The maximum atomic E-state index is 13.1. The Balaban J connectivity index is 1.88. The molecule has 7 heteroatoms. The second-order valence-electron chi connectivity index (χ2n) is 5.09. The molecule has 22 heavy (non-hydrogen) atoms. The number of likely N-dealkylation sites (tertiary alicyclic amines) is 1. The number of alkyl carbamates (subject to hydrolysis) is 1. The van der Waals surface area contributed by atoms with Crippen LogP contribution in [0.15, 0.2) is 24.3 Å². The molecular weight excluding hydrogens is 289 g/mol. The molecule has 3 amide bonds. The van der Waals surface area contributed by atoms with Crippen molar-refractivity contribution in [2.24, 2.45) is 0 Å². The smallest absolute Gasteiger partial charge is 0.407 e. The summed E-state index contributed by atoms with van der Waals surface area (Å²) in [5.74, 6) is -0.404. The minimum atomic E-state index is -0.472. The van der Waals surface area contributed by atoms with Crippen LogP contribution in [-0.2, 0) is 4.74 Å². The molecule has 120 valence electrons. The van der Waals surface area contributed by atoms with Crippen LogP contribution in [0.4, 0.5) is 19.7 Å². The highest BCUT2D eigenvalue weighted by molar-refractivity contribution is 5.89. The maximum absolute atomic E-state index is 13.1. The second-order valence-corrected chi connectivity index (χ2v) is 5.09. The molecule has 1 fully saturated rings. The third-order valence-electron chi connectivity index (χ3n) is 3.38. The molecular formula is C15H20FN3O3. The Labute approximate surface area is 128 Å². The summed E-state index contributed by atoms with van der Waals surface area (Å²) >= 11 is 0. The fourth-order valence-electron chi connectivity index (χ4n) is 2.39. The summed E-state index contributed by atoms with van der Waals surface area (Å²) in [6.07, 6.45) is 1.11. The topological polar surface area (TPSA) is 70.7 Å². The minimum absolute atomic E-state index is 0.133. The van der Waals surface area contributed by atoms with E-state index in [1.807, 2.05) is 0 Å². The van der Waals surface area contributed by atoms with Gasteiger partial charge in [0.1, 0.15) is 5.82 Å². The molecule has 1 aromatic rings. The molecule has 0 spiro atoms. The van der Waals surface area contributed by atoms with E-state index in [2.05, 4.69) is 10.6 Å². The van der Waals surface area contributed by atoms with Gasteiger partial charge in [-0.1, -0.05) is 6.07 Å². The average Bonchev–Trinajstić information content (AvgIpc) is 2.47. The lowest BCUT2D eigenvalue weighted by Gasteiger charge is -2.32. The molecule has 0 radical (unpaired) electrons. The Kier molecular flexibility index (Phi) is 5.57. The number of ether oxygens (including phenoxy) is 1. The molecule has 1 aromatic carbocycles. The number of nitrogens with zero attached hydrogens (tertiary/aromatic N) is 1. The van der Waals surface area contributed by atoms with Gasteiger partial charge in [0.2, 0.25) is 0 Å². The van der Waals surface area contributed by atoms with Crippen LogP contribution in [0.3, 0.4) is 0 Å². The van der Waals surface area contributed by atoms with Crippen molar-refractivity contribution in [1.82, 2.24) is 10.2 Å². The number of amides is 3. The number of piperidine rings is 1. The SMILES string of the molecule is CCOC(=O)N[C@H]1CCCN(C(=O)Nc2cccc(F)c2)C1. The predicted molar refractivity (Wildman–Crippen MR) is 80.2 cm³/mol. The number of hydrogen-bond donors (Lipinski definition) is 2. The molecule has 1 saturated heterocycles. The van der Waals surface area contributed by atoms with Crippen LogP contribution in [0.1, 0.15) is 19.8 Å². The van der Waals surface area contributed by atoms with E-state index in [0.29, 0.717) is 25.4 Å². The van der Waals surface area contributed by atoms with Crippen molar-refractivity contribution in [2.75, 3.05) is 25.0 Å². The first-order chi connectivity index (χ1) is 10.6. The van der Waals surface area contributed by atoms with Crippen LogP contribution >= 0.6 is 0 Å². The Morgan fingerprint density at radius 2 is 2.27 bits per heavy atom. The van der Waals surface area contributed by atoms with Gasteiger partial charge >= 0.3 is 12.1 Å². The number of hydrogen-bond acceptors (Lipinski definition) is 3. The molecule has 0 aliphatic carbocycles. The molecule has 1 heterocycles. The first kappa shape index (κ1) is 16.1. The molecule has 6 nitrogen and oxygen atoms in total. The van der Waals surface area contributed by atoms with Gasteiger partial charge < -0.3 is 20.3 Å². The van der Waals surface area contributed by atoms with Gasteiger partial charge in [-0.3, -0.25) is 0 Å². The van der Waals surface area contributed by atoms with Crippen LogP contribution in [0, 0.1) is 5.82 Å². The van der Waals surface area contributed by atoms with E-state index < -0.39 is 11.9 Å². The maximum Gasteiger partial charge on any atom is 0.407 e. The van der Waals surface area contributed by atoms with Crippen LogP contribution in [-0.4, -0.2) is 42.8 Å². The predicted octanol–water partition coefficient (Wildman–Crippen LogP) is 2.57. The molecule has 0 saturated carbocycles. The summed E-state index contributed by atoms with van der Waals surface area (Å²) in [5, 5.41) is 5.39. The summed E-state index contributed by atoms with van der Waals surface area (Å²) in [6.45, 7) is 3.05. The zero-order valence-corrected chi connectivity index (χ0v) is 12.5. The first-order valence-electron chi connectivity index (χ1n) is 7.33. The van der Waals surface area contributed by atoms with Crippen molar-refractivity contribution in [2.45, 2.75) is 25.8 Å². The number of benzene rings is 1. The highest BCUT2D eigenvalue weighted by Crippen LogP contribution is 2.14. The summed E-state index contributed by atoms with van der Waals surface area (Å²) in [6, 6.07) is 5.30. The summed E-state index contributed by atoms with van der Waals surface area (Å²) in [5.41, 5.74) is 0.408. The zero-order chi connectivity index (χ0) is 15.9. The van der Waals surface area contributed by atoms with Gasteiger partial charge in [-0.15, -0.1) is 0 Å². The van der Waals surface area contributed by atoms with Crippen LogP contribution in [0.25, 0.3) is 0 Å². The van der Waals surface area contributed by atoms with Crippen molar-refractivity contribution >= 4 is 17.8 Å². The van der Waals surface area contributed by atoms with E-state index in [1.54, 1.807) is 17.9 Å². The van der Waals surface area contributed by atoms with E-state index in [9.17, 15) is 14.0 Å². The molecule has 2 rings (SSSR count). The normalized spacial score (nSPS) is 17.7. The van der Waals surface area contributed by atoms with Gasteiger partial charge in [0.25, 0.3) is 0 Å². The molecule has 0 unspecified atom stereocenters. The fraction of sp³-hybridized carbons (Fsp3) is 0.467. The monoisotopic (exact) mass is 309 g/mol. The molecule has 1 atom stereocenters. The number of rotatable bonds is 3. The number of nitrogens with one attached hydrogen (secondary N) is 2. The van der Waals surface area contributed by atoms with Crippen LogP contribution in [0.5, 0.6) is 0 Å². The number of carbonyl (C=O) groups is 2. The molecule has 1 aliphatic heterocycles. The Hall–Kier alpha value is -2.31. The second kappa shape index (κ2) is 7.63. The molecule has 1 aliphatic rings. The standard InChI is InChI=1S/C15H20FN3O3/c1-2-22-15(21)18-13-7-4-8-19(10-13)14(20)17-12-6-3-5-11(16)9-12/h3,5-6,9,13H,2,4,7-8,10H2,1H3,(H,17,20)(H,18,21)/t13-/m0/s1. The average molecular weight is 309 g/mol. The van der Waals surface area contributed by atoms with E-state index >= 15 is 0 Å². The molecule has 0 aromatic heterocycles. The lowest BCUT2D eigenvalue weighted by molar-refractivity contribution is 0.137. The van der Waals surface area contributed by atoms with Crippen molar-refractivity contribution in [3.63, 3.8) is 0 Å². The summed E-state index contributed by atoms with van der Waals surface area (Å²) in [4.78, 5) is 25.2. The number of carbonyl (C=O) groups excluding carboxylic acids is 2. The minimum Gasteiger partial charge on any atom is -0.450 e. The van der Waals surface area contributed by atoms with Gasteiger partial charge in [-0.25, -0.2) is 14.0 Å². The lowest BCUT2D eigenvalue weighted by Crippen LogP contribution is -2.50. The molecule has 2 N–H and O–H groups in total. The number of anilines is 1. The highest BCUT2D eigenvalue weighted by atomic mass is 19.1. The number of halogens is 1. The summed E-state index contributed by atoms with van der Waals surface area (Å²) in [7, 11) is 0. The van der Waals surface area contributed by atoms with E-state index in [1.165, 1.54) is 18.2 Å². The summed E-state index contributed by atoms with van der Waals surface area (Å²) < 4.78 is 17.9. The van der Waals surface area contributed by atoms with Gasteiger partial charge in [0.05, 0.1) is 6.61 Å². The first-order valence-corrected chi connectivity index (χ1v) is 7.33. The van der Waals surface area contributed by atoms with Crippen molar-refractivity contribution in [1.29, 1.82) is 0 Å². The van der Waals surface area contributed by atoms with Crippen molar-refractivity contribution in [3.8, 4) is 0 Å². The van der Waals surface area contributed by atoms with Crippen molar-refractivity contribution in [3.05, 3.63) is 30.1 Å². The highest BCUT2D eigenvalue weighted by Gasteiger charge is 2.25. The van der Waals surface area contributed by atoms with E-state index in [0.717, 1.165) is 12.8 Å². The van der Waals surface area contributed by atoms with Gasteiger partial charge in [-0.05, 0) is 38.0 Å². The van der Waals surface area contributed by atoms with E-state index in [4.69, 9.17) is 4.74 Å². The Bertz CT molecular complexity index is 539. The Morgan fingerprint density at radius 3 is 3.00 bits per heavy atom. The van der Waals surface area contributed by atoms with Gasteiger partial charge in [0, 0.05) is 24.8 Å². The largest absolute Gasteiger partial charge is 0.450 e. The lowest BCUT2D eigenvalue weighted by atomic mass is 10.1. The van der Waals surface area contributed by atoms with Crippen molar-refractivity contribution < 1.29 is 18.7 Å². The fourth-order valence-corrected chi connectivity index (χ4v) is 2.39. The van der Waals surface area contributed by atoms with Gasteiger partial charge in [0.15, 0.2) is 0 Å². The number of urea groups is 1. The van der Waals surface area contributed by atoms with Crippen LogP contribution in [0.2, 0.25) is 0 Å². The Morgan fingerprint density at radius 1 is 1.45 bits per heavy atom. The zero-order valence-electron chi connectivity index (χ0n) is 12.5. The third kappa shape index (κ3) is 4.61. The molecule has 0 bridgehead atoms. The van der Waals surface area contributed by atoms with Gasteiger partial charge in [-0.2, -0.15) is 0 Å². The van der Waals surface area contributed by atoms with E-state index in [-0.39, 0.29) is 12.1 Å². The van der Waals surface area contributed by atoms with Crippen LogP contribution < -0.4 is 10.6 Å². The quantitative estimate of drug-likeness (QED) is 0.901.